The third-order valence-corrected chi connectivity index (χ3v) is 3.83. The number of hydrogen-bond donors (Lipinski definition) is 0. The minimum absolute atomic E-state index is 0.611. The van der Waals surface area contributed by atoms with Gasteiger partial charge in [0.1, 0.15) is 5.82 Å². The predicted molar refractivity (Wildman–Crippen MR) is 64.9 cm³/mol. The number of aromatic nitrogens is 2. The molecule has 0 aliphatic carbocycles. The molecule has 17 heavy (non-hydrogen) atoms. The lowest BCUT2D eigenvalue weighted by molar-refractivity contribution is 0.000978. The Morgan fingerprint density at radius 2 is 2.06 bits per heavy atom. The van der Waals surface area contributed by atoms with Gasteiger partial charge in [0.2, 0.25) is 0 Å². The molecule has 0 atom stereocenters. The van der Waals surface area contributed by atoms with Gasteiger partial charge in [0.15, 0.2) is 0 Å². The summed E-state index contributed by atoms with van der Waals surface area (Å²) in [7, 11) is 0. The molecular formula is C13H19N3O. The Morgan fingerprint density at radius 1 is 1.29 bits per heavy atom. The van der Waals surface area contributed by atoms with E-state index in [0.29, 0.717) is 5.92 Å². The molecule has 0 spiro atoms. The molecule has 1 aromatic rings. The molecule has 0 aromatic carbocycles. The topological polar surface area (TPSA) is 38.2 Å². The Balaban J connectivity index is 1.57. The van der Waals surface area contributed by atoms with Crippen LogP contribution in [0.3, 0.4) is 0 Å². The standard InChI is InChI=1S/C13H19N3O/c1-10-14-5-2-13(15-10)11-8-16(9-11)12-3-6-17-7-4-12/h2,5,11-12H,3-4,6-9H2,1H3. The average molecular weight is 233 g/mol. The van der Waals surface area contributed by atoms with Crippen molar-refractivity contribution in [3.05, 3.63) is 23.8 Å². The van der Waals surface area contributed by atoms with E-state index in [0.717, 1.165) is 38.2 Å². The fourth-order valence-corrected chi connectivity index (χ4v) is 2.75. The summed E-state index contributed by atoms with van der Waals surface area (Å²) in [4.78, 5) is 11.2. The lowest BCUT2D eigenvalue weighted by atomic mass is 9.92. The van der Waals surface area contributed by atoms with Crippen LogP contribution in [-0.2, 0) is 4.74 Å². The van der Waals surface area contributed by atoms with Gasteiger partial charge in [0, 0.05) is 50.2 Å². The van der Waals surface area contributed by atoms with Crippen molar-refractivity contribution in [1.29, 1.82) is 0 Å². The smallest absolute Gasteiger partial charge is 0.125 e. The largest absolute Gasteiger partial charge is 0.381 e. The van der Waals surface area contributed by atoms with E-state index in [-0.39, 0.29) is 0 Å². The van der Waals surface area contributed by atoms with Crippen LogP contribution >= 0.6 is 0 Å². The Labute approximate surface area is 102 Å². The molecule has 2 aliphatic rings. The molecule has 2 saturated heterocycles. The highest BCUT2D eigenvalue weighted by molar-refractivity contribution is 5.13. The van der Waals surface area contributed by atoms with Crippen molar-refractivity contribution in [3.8, 4) is 0 Å². The highest BCUT2D eigenvalue weighted by Gasteiger charge is 2.34. The van der Waals surface area contributed by atoms with Crippen LogP contribution < -0.4 is 0 Å². The SMILES string of the molecule is Cc1nccc(C2CN(C3CCOCC3)C2)n1. The third kappa shape index (κ3) is 2.33. The number of hydrogen-bond acceptors (Lipinski definition) is 4. The second-order valence-corrected chi connectivity index (χ2v) is 5.02. The zero-order valence-corrected chi connectivity index (χ0v) is 10.3. The van der Waals surface area contributed by atoms with E-state index in [2.05, 4.69) is 20.9 Å². The Bertz CT molecular complexity index is 384. The molecule has 4 nitrogen and oxygen atoms in total. The molecular weight excluding hydrogens is 214 g/mol. The lowest BCUT2D eigenvalue weighted by Gasteiger charge is -2.45. The van der Waals surface area contributed by atoms with E-state index >= 15 is 0 Å². The lowest BCUT2D eigenvalue weighted by Crippen LogP contribution is -2.52. The molecule has 92 valence electrons. The van der Waals surface area contributed by atoms with Gasteiger partial charge < -0.3 is 4.74 Å². The van der Waals surface area contributed by atoms with Crippen LogP contribution in [0.1, 0.15) is 30.3 Å². The second-order valence-electron chi connectivity index (χ2n) is 5.02. The van der Waals surface area contributed by atoms with Crippen LogP contribution in [0.25, 0.3) is 0 Å². The van der Waals surface area contributed by atoms with E-state index in [1.807, 2.05) is 13.1 Å². The third-order valence-electron chi connectivity index (χ3n) is 3.83. The molecule has 2 fully saturated rings. The van der Waals surface area contributed by atoms with E-state index in [1.54, 1.807) is 0 Å². The van der Waals surface area contributed by atoms with E-state index in [1.165, 1.54) is 18.5 Å². The number of aryl methyl sites for hydroxylation is 1. The van der Waals surface area contributed by atoms with E-state index in [4.69, 9.17) is 4.74 Å². The maximum Gasteiger partial charge on any atom is 0.125 e. The minimum Gasteiger partial charge on any atom is -0.381 e. The fraction of sp³-hybridized carbons (Fsp3) is 0.692. The van der Waals surface area contributed by atoms with Gasteiger partial charge in [-0.3, -0.25) is 4.90 Å². The molecule has 0 N–H and O–H groups in total. The fourth-order valence-electron chi connectivity index (χ4n) is 2.75. The normalized spacial score (nSPS) is 23.6. The minimum atomic E-state index is 0.611. The highest BCUT2D eigenvalue weighted by atomic mass is 16.5. The Hall–Kier alpha value is -1.00. The second kappa shape index (κ2) is 4.70. The van der Waals surface area contributed by atoms with Crippen molar-refractivity contribution < 1.29 is 4.74 Å². The average Bonchev–Trinajstić information content (AvgIpc) is 2.28. The highest BCUT2D eigenvalue weighted by Crippen LogP contribution is 2.30. The summed E-state index contributed by atoms with van der Waals surface area (Å²) in [5.74, 6) is 1.49. The number of likely N-dealkylation sites (tertiary alicyclic amines) is 1. The van der Waals surface area contributed by atoms with Gasteiger partial charge >= 0.3 is 0 Å². The molecule has 0 bridgehead atoms. The molecule has 3 heterocycles. The predicted octanol–water partition coefficient (Wildman–Crippen LogP) is 1.36. The van der Waals surface area contributed by atoms with Crippen LogP contribution in [0.2, 0.25) is 0 Å². The number of ether oxygens (including phenoxy) is 1. The zero-order chi connectivity index (χ0) is 11.7. The van der Waals surface area contributed by atoms with Crippen LogP contribution in [-0.4, -0.2) is 47.2 Å². The van der Waals surface area contributed by atoms with Gasteiger partial charge in [-0.2, -0.15) is 0 Å². The Kier molecular flexibility index (Phi) is 3.07. The number of rotatable bonds is 2. The van der Waals surface area contributed by atoms with Crippen LogP contribution in [0, 0.1) is 6.92 Å². The summed E-state index contributed by atoms with van der Waals surface area (Å²) in [6.45, 7) is 6.12. The molecule has 4 heteroatoms. The van der Waals surface area contributed by atoms with Crippen molar-refractivity contribution >= 4 is 0 Å². The van der Waals surface area contributed by atoms with E-state index < -0.39 is 0 Å². The summed E-state index contributed by atoms with van der Waals surface area (Å²) in [5, 5.41) is 0. The first-order chi connectivity index (χ1) is 8.33. The van der Waals surface area contributed by atoms with Crippen molar-refractivity contribution in [2.75, 3.05) is 26.3 Å². The zero-order valence-electron chi connectivity index (χ0n) is 10.3. The first-order valence-corrected chi connectivity index (χ1v) is 6.44. The molecule has 0 amide bonds. The van der Waals surface area contributed by atoms with Gasteiger partial charge in [-0.25, -0.2) is 9.97 Å². The quantitative estimate of drug-likeness (QED) is 0.773. The summed E-state index contributed by atoms with van der Waals surface area (Å²) in [5.41, 5.74) is 1.21. The van der Waals surface area contributed by atoms with Crippen LogP contribution in [0.15, 0.2) is 12.3 Å². The van der Waals surface area contributed by atoms with Crippen molar-refractivity contribution in [2.45, 2.75) is 31.7 Å². The Morgan fingerprint density at radius 3 is 2.76 bits per heavy atom. The summed E-state index contributed by atoms with van der Waals surface area (Å²) >= 11 is 0. The molecule has 0 saturated carbocycles. The molecule has 1 aromatic heterocycles. The maximum absolute atomic E-state index is 5.40. The van der Waals surface area contributed by atoms with Gasteiger partial charge in [-0.1, -0.05) is 0 Å². The molecule has 2 aliphatic heterocycles. The summed E-state index contributed by atoms with van der Waals surface area (Å²) in [6.07, 6.45) is 4.25. The maximum atomic E-state index is 5.40. The van der Waals surface area contributed by atoms with Gasteiger partial charge in [0.05, 0.1) is 0 Å². The van der Waals surface area contributed by atoms with Crippen molar-refractivity contribution in [1.82, 2.24) is 14.9 Å². The molecule has 0 unspecified atom stereocenters. The first-order valence-electron chi connectivity index (χ1n) is 6.44. The van der Waals surface area contributed by atoms with E-state index in [9.17, 15) is 0 Å². The molecule has 0 radical (unpaired) electrons. The molecule has 3 rings (SSSR count). The van der Waals surface area contributed by atoms with Gasteiger partial charge in [-0.05, 0) is 25.8 Å². The van der Waals surface area contributed by atoms with Crippen LogP contribution in [0.4, 0.5) is 0 Å². The van der Waals surface area contributed by atoms with Gasteiger partial charge in [0.25, 0.3) is 0 Å². The van der Waals surface area contributed by atoms with Crippen LogP contribution in [0.5, 0.6) is 0 Å². The van der Waals surface area contributed by atoms with Crippen molar-refractivity contribution in [2.24, 2.45) is 0 Å². The monoisotopic (exact) mass is 233 g/mol. The number of nitrogens with zero attached hydrogens (tertiary/aromatic N) is 3. The summed E-state index contributed by atoms with van der Waals surface area (Å²) < 4.78 is 5.40. The van der Waals surface area contributed by atoms with Gasteiger partial charge in [-0.15, -0.1) is 0 Å². The first kappa shape index (κ1) is 11.1. The van der Waals surface area contributed by atoms with Crippen molar-refractivity contribution in [3.63, 3.8) is 0 Å². The summed E-state index contributed by atoms with van der Waals surface area (Å²) in [6, 6.07) is 2.79.